The van der Waals surface area contributed by atoms with E-state index < -0.39 is 11.5 Å². The number of hydrogen-bond acceptors (Lipinski definition) is 4. The van der Waals surface area contributed by atoms with Gasteiger partial charge in [0.25, 0.3) is 0 Å². The number of fused-ring (bicyclic) bond motifs is 3. The van der Waals surface area contributed by atoms with Gasteiger partial charge < -0.3 is 14.7 Å². The van der Waals surface area contributed by atoms with Crippen molar-refractivity contribution < 1.29 is 14.6 Å². The number of piperidine rings is 1. The molecule has 3 rings (SSSR count). The third-order valence-electron chi connectivity index (χ3n) is 4.41. The van der Waals surface area contributed by atoms with Crippen molar-refractivity contribution in [3.63, 3.8) is 0 Å². The van der Waals surface area contributed by atoms with Crippen LogP contribution in [0.2, 0.25) is 0 Å². The third-order valence-corrected chi connectivity index (χ3v) is 4.41. The van der Waals surface area contributed by atoms with Gasteiger partial charge >= 0.3 is 5.97 Å². The second kappa shape index (κ2) is 4.23. The maximum Gasteiger partial charge on any atom is 0.315 e. The maximum absolute atomic E-state index is 12.2. The molecule has 2 aliphatic rings. The highest BCUT2D eigenvalue weighted by Crippen LogP contribution is 2.48. The summed E-state index contributed by atoms with van der Waals surface area (Å²) < 4.78 is 4.96. The average Bonchev–Trinajstić information content (AvgIpc) is 2.74. The van der Waals surface area contributed by atoms with Crippen LogP contribution in [0.15, 0.2) is 24.3 Å². The number of carbonyl (C=O) groups excluding carboxylic acids is 1. The van der Waals surface area contributed by atoms with Crippen molar-refractivity contribution in [3.8, 4) is 0 Å². The Kier molecular flexibility index (Phi) is 2.78. The lowest BCUT2D eigenvalue weighted by Gasteiger charge is -2.44. The zero-order valence-corrected chi connectivity index (χ0v) is 11.3. The van der Waals surface area contributed by atoms with Crippen LogP contribution in [0, 0.1) is 0 Å². The van der Waals surface area contributed by atoms with Crippen LogP contribution in [0.25, 0.3) is 0 Å². The Hall–Kier alpha value is -1.55. The quantitative estimate of drug-likeness (QED) is 0.781. The lowest BCUT2D eigenvalue weighted by molar-refractivity contribution is -0.145. The van der Waals surface area contributed by atoms with E-state index in [0.29, 0.717) is 0 Å². The lowest BCUT2D eigenvalue weighted by atomic mass is 9.79. The first-order valence-corrected chi connectivity index (χ1v) is 6.72. The van der Waals surface area contributed by atoms with Gasteiger partial charge in [0, 0.05) is 12.2 Å². The SMILES string of the molecule is COC(=O)[C@@H]1c2ccccc2N2CCC[C@](C)(O)[C@@H]12. The van der Waals surface area contributed by atoms with Crippen molar-refractivity contribution in [3.05, 3.63) is 29.8 Å². The fourth-order valence-corrected chi connectivity index (χ4v) is 3.60. The Morgan fingerprint density at radius 3 is 2.95 bits per heavy atom. The number of rotatable bonds is 1. The highest BCUT2D eigenvalue weighted by molar-refractivity contribution is 5.86. The molecule has 4 nitrogen and oxygen atoms in total. The first-order valence-electron chi connectivity index (χ1n) is 6.72. The normalized spacial score (nSPS) is 32.7. The summed E-state index contributed by atoms with van der Waals surface area (Å²) in [6, 6.07) is 7.67. The standard InChI is InChI=1S/C15H19NO3/c1-15(18)8-5-9-16-11-7-4-3-6-10(11)12(13(15)16)14(17)19-2/h3-4,6-7,12-13,18H,5,8-9H2,1-2H3/t12-,13-,15+/m1/s1. The monoisotopic (exact) mass is 261 g/mol. The Morgan fingerprint density at radius 2 is 2.21 bits per heavy atom. The van der Waals surface area contributed by atoms with Crippen LogP contribution in [0.4, 0.5) is 5.69 Å². The highest BCUT2D eigenvalue weighted by Gasteiger charge is 2.53. The van der Waals surface area contributed by atoms with Gasteiger partial charge in [-0.25, -0.2) is 0 Å². The molecule has 0 spiro atoms. The molecule has 0 bridgehead atoms. The zero-order valence-electron chi connectivity index (χ0n) is 11.3. The van der Waals surface area contributed by atoms with Crippen LogP contribution in [-0.2, 0) is 9.53 Å². The van der Waals surface area contributed by atoms with E-state index in [1.54, 1.807) is 0 Å². The first-order chi connectivity index (χ1) is 9.06. The molecule has 1 N–H and O–H groups in total. The van der Waals surface area contributed by atoms with Crippen LogP contribution in [0.1, 0.15) is 31.2 Å². The van der Waals surface area contributed by atoms with Gasteiger partial charge in [-0.15, -0.1) is 0 Å². The molecule has 102 valence electrons. The van der Waals surface area contributed by atoms with Crippen molar-refractivity contribution in [1.82, 2.24) is 0 Å². The Bertz CT molecular complexity index is 512. The number of para-hydroxylation sites is 1. The van der Waals surface area contributed by atoms with Crippen molar-refractivity contribution in [2.24, 2.45) is 0 Å². The number of esters is 1. The molecule has 0 unspecified atom stereocenters. The van der Waals surface area contributed by atoms with E-state index in [2.05, 4.69) is 4.90 Å². The minimum atomic E-state index is -0.865. The van der Waals surface area contributed by atoms with Gasteiger partial charge in [-0.2, -0.15) is 0 Å². The number of methoxy groups -OCH3 is 1. The maximum atomic E-state index is 12.2. The number of hydrogen-bond donors (Lipinski definition) is 1. The minimum Gasteiger partial charge on any atom is -0.468 e. The fraction of sp³-hybridized carbons (Fsp3) is 0.533. The van der Waals surface area contributed by atoms with Gasteiger partial charge in [0.15, 0.2) is 0 Å². The van der Waals surface area contributed by atoms with Crippen LogP contribution < -0.4 is 4.90 Å². The lowest BCUT2D eigenvalue weighted by Crippen LogP contribution is -2.56. The van der Waals surface area contributed by atoms with Gasteiger partial charge in [-0.1, -0.05) is 18.2 Å². The molecule has 1 aromatic rings. The summed E-state index contributed by atoms with van der Waals surface area (Å²) in [4.78, 5) is 14.3. The molecular weight excluding hydrogens is 242 g/mol. The Labute approximate surface area is 113 Å². The van der Waals surface area contributed by atoms with Crippen LogP contribution in [0.5, 0.6) is 0 Å². The molecule has 0 saturated carbocycles. The van der Waals surface area contributed by atoms with E-state index >= 15 is 0 Å². The molecule has 4 heteroatoms. The summed E-state index contributed by atoms with van der Waals surface area (Å²) >= 11 is 0. The first kappa shape index (κ1) is 12.5. The molecule has 2 heterocycles. The molecule has 1 aromatic carbocycles. The van der Waals surface area contributed by atoms with Crippen LogP contribution >= 0.6 is 0 Å². The fourth-order valence-electron chi connectivity index (χ4n) is 3.60. The van der Waals surface area contributed by atoms with Gasteiger partial charge in [-0.05, 0) is 31.4 Å². The number of aliphatic hydroxyl groups is 1. The second-order valence-electron chi connectivity index (χ2n) is 5.66. The van der Waals surface area contributed by atoms with Crippen LogP contribution in [0.3, 0.4) is 0 Å². The molecule has 1 saturated heterocycles. The predicted molar refractivity (Wildman–Crippen MR) is 72.2 cm³/mol. The molecule has 0 aliphatic carbocycles. The molecule has 0 amide bonds. The molecule has 0 aromatic heterocycles. The largest absolute Gasteiger partial charge is 0.468 e. The molecule has 1 fully saturated rings. The van der Waals surface area contributed by atoms with E-state index in [0.717, 1.165) is 30.6 Å². The zero-order chi connectivity index (χ0) is 13.6. The average molecular weight is 261 g/mol. The molecule has 0 radical (unpaired) electrons. The molecule has 19 heavy (non-hydrogen) atoms. The number of anilines is 1. The van der Waals surface area contributed by atoms with E-state index in [4.69, 9.17) is 4.74 Å². The topological polar surface area (TPSA) is 49.8 Å². The van der Waals surface area contributed by atoms with Crippen LogP contribution in [-0.4, -0.2) is 36.4 Å². The van der Waals surface area contributed by atoms with E-state index in [9.17, 15) is 9.90 Å². The highest BCUT2D eigenvalue weighted by atomic mass is 16.5. The molecule has 2 aliphatic heterocycles. The van der Waals surface area contributed by atoms with Crippen molar-refractivity contribution in [2.75, 3.05) is 18.6 Å². The third kappa shape index (κ3) is 1.74. The minimum absolute atomic E-state index is 0.217. The second-order valence-corrected chi connectivity index (χ2v) is 5.66. The Morgan fingerprint density at radius 1 is 1.47 bits per heavy atom. The van der Waals surface area contributed by atoms with Gasteiger partial charge in [-0.3, -0.25) is 4.79 Å². The van der Waals surface area contributed by atoms with Gasteiger partial charge in [0.05, 0.1) is 18.8 Å². The summed E-state index contributed by atoms with van der Waals surface area (Å²) in [7, 11) is 1.41. The summed E-state index contributed by atoms with van der Waals surface area (Å²) in [6.45, 7) is 2.71. The van der Waals surface area contributed by atoms with Gasteiger partial charge in [0.1, 0.15) is 5.92 Å². The Balaban J connectivity index is 2.13. The van der Waals surface area contributed by atoms with Crippen molar-refractivity contribution >= 4 is 11.7 Å². The van der Waals surface area contributed by atoms with E-state index in [1.165, 1.54) is 7.11 Å². The van der Waals surface area contributed by atoms with Crippen molar-refractivity contribution in [1.29, 1.82) is 0 Å². The van der Waals surface area contributed by atoms with E-state index in [-0.39, 0.29) is 12.0 Å². The molecular formula is C15H19NO3. The molecule has 3 atom stereocenters. The summed E-state index contributed by atoms with van der Waals surface area (Å²) in [5.74, 6) is -0.654. The summed E-state index contributed by atoms with van der Waals surface area (Å²) in [5.41, 5.74) is 1.17. The predicted octanol–water partition coefficient (Wildman–Crippen LogP) is 1.68. The van der Waals surface area contributed by atoms with Crippen molar-refractivity contribution in [2.45, 2.75) is 37.3 Å². The van der Waals surface area contributed by atoms with E-state index in [1.807, 2.05) is 31.2 Å². The number of ether oxygens (including phenoxy) is 1. The number of benzene rings is 1. The smallest absolute Gasteiger partial charge is 0.315 e. The number of nitrogens with zero attached hydrogens (tertiary/aromatic N) is 1. The van der Waals surface area contributed by atoms with Gasteiger partial charge in [0.2, 0.25) is 0 Å². The summed E-state index contributed by atoms with van der Waals surface area (Å²) in [6.07, 6.45) is 1.65. The summed E-state index contributed by atoms with van der Waals surface area (Å²) in [5, 5.41) is 10.7. The number of carbonyl (C=O) groups is 1.